The SMILES string of the molecule is CCNC(=NCc1cc2ccccc2[nH]1)NCCc1ccccc1F.I. The van der Waals surface area contributed by atoms with Gasteiger partial charge in [0.25, 0.3) is 0 Å². The van der Waals surface area contributed by atoms with Crippen molar-refractivity contribution in [1.29, 1.82) is 0 Å². The Balaban J connectivity index is 0.00000243. The van der Waals surface area contributed by atoms with Crippen LogP contribution in [0.3, 0.4) is 0 Å². The molecular weight excluding hydrogens is 442 g/mol. The molecule has 0 bridgehead atoms. The number of H-pyrrole nitrogens is 1. The summed E-state index contributed by atoms with van der Waals surface area (Å²) in [4.78, 5) is 7.97. The standard InChI is InChI=1S/C20H23FN4.HI/c1-2-22-20(23-12-11-15-7-3-5-9-18(15)21)24-14-17-13-16-8-4-6-10-19(16)25-17;/h3-10,13,25H,2,11-12,14H2,1H3,(H2,22,23,24);1H. The summed E-state index contributed by atoms with van der Waals surface area (Å²) in [7, 11) is 0. The minimum Gasteiger partial charge on any atom is -0.357 e. The van der Waals surface area contributed by atoms with Gasteiger partial charge in [0.2, 0.25) is 0 Å². The first-order chi connectivity index (χ1) is 12.3. The largest absolute Gasteiger partial charge is 0.357 e. The van der Waals surface area contributed by atoms with E-state index in [9.17, 15) is 4.39 Å². The van der Waals surface area contributed by atoms with E-state index in [1.54, 1.807) is 6.07 Å². The zero-order valence-corrected chi connectivity index (χ0v) is 17.1. The van der Waals surface area contributed by atoms with Crippen molar-refractivity contribution in [2.75, 3.05) is 13.1 Å². The van der Waals surface area contributed by atoms with Crippen molar-refractivity contribution in [3.8, 4) is 0 Å². The number of hydrogen-bond donors (Lipinski definition) is 3. The minimum absolute atomic E-state index is 0. The van der Waals surface area contributed by atoms with Crippen LogP contribution in [-0.2, 0) is 13.0 Å². The number of fused-ring (bicyclic) bond motifs is 1. The third-order valence-electron chi connectivity index (χ3n) is 3.98. The Morgan fingerprint density at radius 3 is 2.62 bits per heavy atom. The lowest BCUT2D eigenvalue weighted by Gasteiger charge is -2.11. The number of para-hydroxylation sites is 1. The van der Waals surface area contributed by atoms with E-state index in [0.29, 0.717) is 25.1 Å². The van der Waals surface area contributed by atoms with Crippen molar-refractivity contribution < 1.29 is 4.39 Å². The molecule has 1 aromatic heterocycles. The number of rotatable bonds is 6. The Morgan fingerprint density at radius 1 is 1.08 bits per heavy atom. The van der Waals surface area contributed by atoms with Gasteiger partial charge >= 0.3 is 0 Å². The first-order valence-corrected chi connectivity index (χ1v) is 8.58. The number of aromatic nitrogens is 1. The smallest absolute Gasteiger partial charge is 0.191 e. The molecule has 0 amide bonds. The zero-order chi connectivity index (χ0) is 17.5. The predicted molar refractivity (Wildman–Crippen MR) is 117 cm³/mol. The number of hydrogen-bond acceptors (Lipinski definition) is 1. The average molecular weight is 466 g/mol. The predicted octanol–water partition coefficient (Wildman–Crippen LogP) is 4.22. The van der Waals surface area contributed by atoms with E-state index in [2.05, 4.69) is 38.8 Å². The normalized spacial score (nSPS) is 11.2. The summed E-state index contributed by atoms with van der Waals surface area (Å²) in [6.07, 6.45) is 0.615. The molecule has 0 radical (unpaired) electrons. The number of nitrogens with one attached hydrogen (secondary N) is 3. The van der Waals surface area contributed by atoms with Crippen LogP contribution in [0.2, 0.25) is 0 Å². The van der Waals surface area contributed by atoms with Crippen LogP contribution in [-0.4, -0.2) is 24.0 Å². The zero-order valence-electron chi connectivity index (χ0n) is 14.8. The van der Waals surface area contributed by atoms with Gasteiger partial charge in [0.05, 0.1) is 6.54 Å². The van der Waals surface area contributed by atoms with Crippen molar-refractivity contribution in [3.05, 3.63) is 71.7 Å². The summed E-state index contributed by atoms with van der Waals surface area (Å²) < 4.78 is 13.7. The first-order valence-electron chi connectivity index (χ1n) is 8.58. The van der Waals surface area contributed by atoms with E-state index >= 15 is 0 Å². The second-order valence-electron chi connectivity index (χ2n) is 5.85. The summed E-state index contributed by atoms with van der Waals surface area (Å²) in [6, 6.07) is 17.2. The summed E-state index contributed by atoms with van der Waals surface area (Å²) in [5.41, 5.74) is 2.89. The van der Waals surface area contributed by atoms with Crippen LogP contribution in [0, 0.1) is 5.82 Å². The molecule has 3 rings (SSSR count). The van der Waals surface area contributed by atoms with Gasteiger partial charge in [-0.25, -0.2) is 9.38 Å². The van der Waals surface area contributed by atoms with Gasteiger partial charge in [-0.05, 0) is 42.5 Å². The van der Waals surface area contributed by atoms with Gasteiger partial charge in [0.1, 0.15) is 5.82 Å². The highest BCUT2D eigenvalue weighted by Crippen LogP contribution is 2.15. The maximum absolute atomic E-state index is 13.7. The van der Waals surface area contributed by atoms with Gasteiger partial charge in [-0.3, -0.25) is 0 Å². The fourth-order valence-electron chi connectivity index (χ4n) is 2.74. The molecule has 3 aromatic rings. The van der Waals surface area contributed by atoms with Crippen molar-refractivity contribution in [3.63, 3.8) is 0 Å². The average Bonchev–Trinajstić information content (AvgIpc) is 3.04. The number of nitrogens with zero attached hydrogens (tertiary/aromatic N) is 1. The summed E-state index contributed by atoms with van der Waals surface area (Å²) in [5, 5.41) is 7.66. The number of aliphatic imine (C=N–C) groups is 1. The molecule has 26 heavy (non-hydrogen) atoms. The number of benzene rings is 2. The molecule has 0 aliphatic carbocycles. The Bertz CT molecular complexity index is 827. The van der Waals surface area contributed by atoms with Gasteiger partial charge in [-0.1, -0.05) is 36.4 Å². The van der Waals surface area contributed by atoms with Gasteiger partial charge in [-0.2, -0.15) is 0 Å². The third kappa shape index (κ3) is 5.45. The fourth-order valence-corrected chi connectivity index (χ4v) is 2.74. The van der Waals surface area contributed by atoms with Gasteiger partial charge in [-0.15, -0.1) is 24.0 Å². The molecule has 4 nitrogen and oxygen atoms in total. The summed E-state index contributed by atoms with van der Waals surface area (Å²) in [6.45, 7) is 3.98. The lowest BCUT2D eigenvalue weighted by molar-refractivity contribution is 0.606. The van der Waals surface area contributed by atoms with E-state index in [4.69, 9.17) is 0 Å². The van der Waals surface area contributed by atoms with Crippen LogP contribution in [0.1, 0.15) is 18.2 Å². The van der Waals surface area contributed by atoms with Crippen LogP contribution in [0.25, 0.3) is 10.9 Å². The minimum atomic E-state index is -0.163. The molecule has 0 fully saturated rings. The lowest BCUT2D eigenvalue weighted by atomic mass is 10.1. The highest BCUT2D eigenvalue weighted by atomic mass is 127. The topological polar surface area (TPSA) is 52.2 Å². The summed E-state index contributed by atoms with van der Waals surface area (Å²) >= 11 is 0. The summed E-state index contributed by atoms with van der Waals surface area (Å²) in [5.74, 6) is 0.571. The molecule has 138 valence electrons. The van der Waals surface area contributed by atoms with Crippen molar-refractivity contribution >= 4 is 40.8 Å². The van der Waals surface area contributed by atoms with E-state index in [-0.39, 0.29) is 29.8 Å². The third-order valence-corrected chi connectivity index (χ3v) is 3.98. The molecule has 0 spiro atoms. The Kier molecular flexibility index (Phi) is 7.90. The molecule has 0 saturated carbocycles. The van der Waals surface area contributed by atoms with E-state index < -0.39 is 0 Å². The van der Waals surface area contributed by atoms with Gasteiger partial charge < -0.3 is 15.6 Å². The number of aromatic amines is 1. The van der Waals surface area contributed by atoms with Crippen LogP contribution < -0.4 is 10.6 Å². The molecule has 1 heterocycles. The van der Waals surface area contributed by atoms with E-state index in [1.807, 2.05) is 31.2 Å². The number of guanidine groups is 1. The first kappa shape index (κ1) is 20.2. The van der Waals surface area contributed by atoms with Crippen molar-refractivity contribution in [2.24, 2.45) is 4.99 Å². The Labute approximate surface area is 170 Å². The molecule has 6 heteroatoms. The van der Waals surface area contributed by atoms with Crippen LogP contribution >= 0.6 is 24.0 Å². The van der Waals surface area contributed by atoms with Crippen LogP contribution in [0.4, 0.5) is 4.39 Å². The monoisotopic (exact) mass is 466 g/mol. The molecule has 0 aliphatic rings. The highest BCUT2D eigenvalue weighted by molar-refractivity contribution is 14.0. The maximum Gasteiger partial charge on any atom is 0.191 e. The fraction of sp³-hybridized carbons (Fsp3) is 0.250. The number of halogens is 2. The Hall–Kier alpha value is -2.09. The van der Waals surface area contributed by atoms with E-state index in [1.165, 1.54) is 11.5 Å². The molecule has 2 aromatic carbocycles. The molecule has 0 atom stereocenters. The van der Waals surface area contributed by atoms with Crippen molar-refractivity contribution in [1.82, 2.24) is 15.6 Å². The highest BCUT2D eigenvalue weighted by Gasteiger charge is 2.03. The van der Waals surface area contributed by atoms with Crippen LogP contribution in [0.15, 0.2) is 59.6 Å². The maximum atomic E-state index is 13.7. The quantitative estimate of drug-likeness (QED) is 0.290. The molecule has 0 saturated heterocycles. The molecule has 3 N–H and O–H groups in total. The Morgan fingerprint density at radius 2 is 1.85 bits per heavy atom. The van der Waals surface area contributed by atoms with Gasteiger partial charge in [0.15, 0.2) is 5.96 Å². The second-order valence-corrected chi connectivity index (χ2v) is 5.85. The van der Waals surface area contributed by atoms with Crippen LogP contribution in [0.5, 0.6) is 0 Å². The molecule has 0 aliphatic heterocycles. The second kappa shape index (κ2) is 10.2. The van der Waals surface area contributed by atoms with E-state index in [0.717, 1.165) is 23.7 Å². The van der Waals surface area contributed by atoms with Gasteiger partial charge in [0, 0.05) is 24.3 Å². The molecular formula is C20H24FIN4. The lowest BCUT2D eigenvalue weighted by Crippen LogP contribution is -2.38. The molecule has 0 unspecified atom stereocenters. The van der Waals surface area contributed by atoms with Crippen molar-refractivity contribution in [2.45, 2.75) is 19.9 Å².